The van der Waals surface area contributed by atoms with Crippen LogP contribution >= 0.6 is 0 Å². The van der Waals surface area contributed by atoms with Gasteiger partial charge in [0.15, 0.2) is 0 Å². The molecule has 118 valence electrons. The first-order valence-corrected chi connectivity index (χ1v) is 8.06. The van der Waals surface area contributed by atoms with Gasteiger partial charge in [0.2, 0.25) is 0 Å². The number of unbranched alkanes of at least 4 members (excludes halogenated alkanes) is 1. The average molecular weight is 285 g/mol. The predicted octanol–water partition coefficient (Wildman–Crippen LogP) is 2.90. The number of esters is 1. The number of rotatable bonds is 11. The standard InChI is InChI=1S/C16H31NO3/c1-4-20-15(18)16(2,17-3)11-5-6-12-19-13-10-14-8-7-9-14/h14,17H,4-13H2,1-3H3. The summed E-state index contributed by atoms with van der Waals surface area (Å²) in [6.45, 7) is 5.87. The van der Waals surface area contributed by atoms with Crippen LogP contribution in [0.15, 0.2) is 0 Å². The highest BCUT2D eigenvalue weighted by molar-refractivity contribution is 5.80. The normalized spacial score (nSPS) is 18.4. The number of hydrogen-bond acceptors (Lipinski definition) is 4. The van der Waals surface area contributed by atoms with Crippen molar-refractivity contribution in [1.82, 2.24) is 5.32 Å². The molecule has 0 heterocycles. The average Bonchev–Trinajstić information content (AvgIpc) is 2.39. The highest BCUT2D eigenvalue weighted by Gasteiger charge is 2.32. The van der Waals surface area contributed by atoms with Crippen LogP contribution in [-0.2, 0) is 14.3 Å². The van der Waals surface area contributed by atoms with Gasteiger partial charge in [-0.2, -0.15) is 0 Å². The molecule has 1 aliphatic rings. The summed E-state index contributed by atoms with van der Waals surface area (Å²) in [5, 5.41) is 3.08. The third kappa shape index (κ3) is 5.80. The molecule has 1 N–H and O–H groups in total. The smallest absolute Gasteiger partial charge is 0.326 e. The van der Waals surface area contributed by atoms with Gasteiger partial charge in [-0.15, -0.1) is 0 Å². The van der Waals surface area contributed by atoms with Gasteiger partial charge in [-0.25, -0.2) is 0 Å². The van der Waals surface area contributed by atoms with Crippen molar-refractivity contribution in [2.75, 3.05) is 26.9 Å². The van der Waals surface area contributed by atoms with Gasteiger partial charge in [-0.1, -0.05) is 19.3 Å². The van der Waals surface area contributed by atoms with E-state index in [4.69, 9.17) is 9.47 Å². The highest BCUT2D eigenvalue weighted by atomic mass is 16.5. The second-order valence-corrected chi connectivity index (χ2v) is 5.96. The summed E-state index contributed by atoms with van der Waals surface area (Å²) in [4.78, 5) is 11.9. The Hall–Kier alpha value is -0.610. The van der Waals surface area contributed by atoms with Gasteiger partial charge in [0.1, 0.15) is 5.54 Å². The summed E-state index contributed by atoms with van der Waals surface area (Å²) in [6.07, 6.45) is 8.17. The fourth-order valence-electron chi connectivity index (χ4n) is 2.44. The van der Waals surface area contributed by atoms with E-state index in [9.17, 15) is 4.79 Å². The summed E-state index contributed by atoms with van der Waals surface area (Å²) in [5.74, 6) is 0.764. The van der Waals surface area contributed by atoms with Crippen LogP contribution in [0, 0.1) is 5.92 Å². The van der Waals surface area contributed by atoms with Crippen LogP contribution in [0.1, 0.15) is 58.8 Å². The number of likely N-dealkylation sites (N-methyl/N-ethyl adjacent to an activating group) is 1. The molecule has 0 spiro atoms. The molecule has 4 nitrogen and oxygen atoms in total. The van der Waals surface area contributed by atoms with E-state index in [2.05, 4.69) is 5.32 Å². The third-order valence-corrected chi connectivity index (χ3v) is 4.39. The molecule has 0 aromatic rings. The molecule has 1 rings (SSSR count). The third-order valence-electron chi connectivity index (χ3n) is 4.39. The van der Waals surface area contributed by atoms with E-state index in [1.807, 2.05) is 20.9 Å². The molecule has 0 amide bonds. The lowest BCUT2D eigenvalue weighted by atomic mass is 9.83. The summed E-state index contributed by atoms with van der Waals surface area (Å²) >= 11 is 0. The maximum absolute atomic E-state index is 11.9. The maximum Gasteiger partial charge on any atom is 0.326 e. The van der Waals surface area contributed by atoms with Crippen LogP contribution < -0.4 is 5.32 Å². The molecule has 20 heavy (non-hydrogen) atoms. The quantitative estimate of drug-likeness (QED) is 0.468. The minimum absolute atomic E-state index is 0.159. The van der Waals surface area contributed by atoms with E-state index in [1.54, 1.807) is 0 Å². The Morgan fingerprint density at radius 3 is 2.60 bits per heavy atom. The van der Waals surface area contributed by atoms with E-state index in [1.165, 1.54) is 25.7 Å². The van der Waals surface area contributed by atoms with E-state index in [-0.39, 0.29) is 5.97 Å². The first kappa shape index (κ1) is 17.4. The minimum Gasteiger partial charge on any atom is -0.465 e. The molecule has 0 saturated heterocycles. The van der Waals surface area contributed by atoms with E-state index in [0.29, 0.717) is 6.61 Å². The monoisotopic (exact) mass is 285 g/mol. The van der Waals surface area contributed by atoms with Gasteiger partial charge < -0.3 is 14.8 Å². The van der Waals surface area contributed by atoms with Crippen molar-refractivity contribution < 1.29 is 14.3 Å². The molecular weight excluding hydrogens is 254 g/mol. The van der Waals surface area contributed by atoms with Crippen molar-refractivity contribution in [2.24, 2.45) is 5.92 Å². The second kappa shape index (κ2) is 9.35. The number of carbonyl (C=O) groups excluding carboxylic acids is 1. The molecule has 0 aromatic heterocycles. The van der Waals surface area contributed by atoms with E-state index in [0.717, 1.165) is 38.4 Å². The number of hydrogen-bond donors (Lipinski definition) is 1. The summed E-state index contributed by atoms with van der Waals surface area (Å²) in [7, 11) is 1.81. The minimum atomic E-state index is -0.568. The Morgan fingerprint density at radius 2 is 2.05 bits per heavy atom. The number of nitrogens with one attached hydrogen (secondary N) is 1. The fraction of sp³-hybridized carbons (Fsp3) is 0.938. The maximum atomic E-state index is 11.9. The molecular formula is C16H31NO3. The SMILES string of the molecule is CCOC(=O)C(C)(CCCCOCCC1CCC1)NC. The van der Waals surface area contributed by atoms with Crippen molar-refractivity contribution in [3.05, 3.63) is 0 Å². The van der Waals surface area contributed by atoms with Gasteiger partial charge in [0.25, 0.3) is 0 Å². The molecule has 1 aliphatic carbocycles. The van der Waals surface area contributed by atoms with Crippen molar-refractivity contribution in [3.63, 3.8) is 0 Å². The van der Waals surface area contributed by atoms with Crippen molar-refractivity contribution in [3.8, 4) is 0 Å². The first-order valence-electron chi connectivity index (χ1n) is 8.06. The summed E-state index contributed by atoms with van der Waals surface area (Å²) in [6, 6.07) is 0. The first-order chi connectivity index (χ1) is 9.62. The van der Waals surface area contributed by atoms with E-state index >= 15 is 0 Å². The lowest BCUT2D eigenvalue weighted by Crippen LogP contribution is -2.48. The molecule has 1 fully saturated rings. The summed E-state index contributed by atoms with van der Waals surface area (Å²) < 4.78 is 10.8. The zero-order chi connectivity index (χ0) is 14.8. The van der Waals surface area contributed by atoms with Gasteiger partial charge in [0.05, 0.1) is 6.61 Å². The Balaban J connectivity index is 2.03. The topological polar surface area (TPSA) is 47.6 Å². The van der Waals surface area contributed by atoms with Crippen LogP contribution in [0.3, 0.4) is 0 Å². The van der Waals surface area contributed by atoms with Crippen LogP contribution in [0.25, 0.3) is 0 Å². The van der Waals surface area contributed by atoms with Gasteiger partial charge >= 0.3 is 5.97 Å². The number of carbonyl (C=O) groups is 1. The van der Waals surface area contributed by atoms with Crippen LogP contribution in [-0.4, -0.2) is 38.4 Å². The van der Waals surface area contributed by atoms with Crippen LogP contribution in [0.2, 0.25) is 0 Å². The van der Waals surface area contributed by atoms with Crippen molar-refractivity contribution in [2.45, 2.75) is 64.3 Å². The number of ether oxygens (including phenoxy) is 2. The highest BCUT2D eigenvalue weighted by Crippen LogP contribution is 2.29. The van der Waals surface area contributed by atoms with Crippen molar-refractivity contribution >= 4 is 5.97 Å². The second-order valence-electron chi connectivity index (χ2n) is 5.96. The predicted molar refractivity (Wildman–Crippen MR) is 80.7 cm³/mol. The molecule has 0 radical (unpaired) electrons. The lowest BCUT2D eigenvalue weighted by Gasteiger charge is -2.26. The Labute approximate surface area is 123 Å². The van der Waals surface area contributed by atoms with Gasteiger partial charge in [0, 0.05) is 13.2 Å². The molecule has 1 saturated carbocycles. The Bertz CT molecular complexity index is 279. The molecule has 0 aromatic carbocycles. The molecule has 0 bridgehead atoms. The van der Waals surface area contributed by atoms with Crippen molar-refractivity contribution in [1.29, 1.82) is 0 Å². The van der Waals surface area contributed by atoms with Gasteiger partial charge in [-0.05, 0) is 52.5 Å². The Kier molecular flexibility index (Phi) is 8.15. The largest absolute Gasteiger partial charge is 0.465 e. The summed E-state index contributed by atoms with van der Waals surface area (Å²) in [5.41, 5.74) is -0.568. The van der Waals surface area contributed by atoms with Crippen LogP contribution in [0.4, 0.5) is 0 Å². The fourth-order valence-corrected chi connectivity index (χ4v) is 2.44. The van der Waals surface area contributed by atoms with Crippen LogP contribution in [0.5, 0.6) is 0 Å². The lowest BCUT2D eigenvalue weighted by molar-refractivity contribution is -0.150. The molecule has 0 aliphatic heterocycles. The molecule has 4 heteroatoms. The van der Waals surface area contributed by atoms with E-state index < -0.39 is 5.54 Å². The van der Waals surface area contributed by atoms with Gasteiger partial charge in [-0.3, -0.25) is 4.79 Å². The Morgan fingerprint density at radius 1 is 1.30 bits per heavy atom. The molecule has 1 atom stereocenters. The zero-order valence-electron chi connectivity index (χ0n) is 13.4. The zero-order valence-corrected chi connectivity index (χ0v) is 13.4. The molecule has 1 unspecified atom stereocenters.